The smallest absolute Gasteiger partial charge is 0.306 e. The Kier molecular flexibility index (Phi) is 54.3. The van der Waals surface area contributed by atoms with E-state index < -0.39 is 6.10 Å². The van der Waals surface area contributed by atoms with Gasteiger partial charge in [0.2, 0.25) is 0 Å². The van der Waals surface area contributed by atoms with Crippen molar-refractivity contribution in [3.63, 3.8) is 0 Å². The summed E-state index contributed by atoms with van der Waals surface area (Å²) in [7, 11) is 0. The second-order valence-electron chi connectivity index (χ2n) is 19.2. The summed E-state index contributed by atoms with van der Waals surface area (Å²) in [5.41, 5.74) is 0. The summed E-state index contributed by atoms with van der Waals surface area (Å²) < 4.78 is 16.8. The fourth-order valence-electron chi connectivity index (χ4n) is 8.03. The summed E-state index contributed by atoms with van der Waals surface area (Å²) in [6.07, 6.45) is 74.3. The van der Waals surface area contributed by atoms with Crippen LogP contribution in [0, 0.1) is 0 Å². The zero-order valence-corrected chi connectivity index (χ0v) is 45.3. The lowest BCUT2D eigenvalue weighted by Gasteiger charge is -2.18. The Morgan fingerprint density at radius 3 is 0.928 bits per heavy atom. The lowest BCUT2D eigenvalue weighted by Crippen LogP contribution is -2.30. The van der Waals surface area contributed by atoms with Gasteiger partial charge in [-0.3, -0.25) is 14.4 Å². The summed E-state index contributed by atoms with van der Waals surface area (Å²) in [6, 6.07) is 0. The monoisotopic (exact) mass is 961 g/mol. The maximum Gasteiger partial charge on any atom is 0.306 e. The third-order valence-corrected chi connectivity index (χ3v) is 12.4. The van der Waals surface area contributed by atoms with E-state index in [4.69, 9.17) is 14.2 Å². The zero-order valence-electron chi connectivity index (χ0n) is 45.3. The molecule has 0 aliphatic carbocycles. The lowest BCUT2D eigenvalue weighted by molar-refractivity contribution is -0.167. The Hall–Kier alpha value is -3.41. The first-order valence-electron chi connectivity index (χ1n) is 29.1. The van der Waals surface area contributed by atoms with E-state index in [0.717, 1.165) is 122 Å². The first kappa shape index (κ1) is 65.6. The van der Waals surface area contributed by atoms with Crippen LogP contribution in [-0.2, 0) is 28.6 Å². The van der Waals surface area contributed by atoms with Gasteiger partial charge >= 0.3 is 17.9 Å². The number of rotatable bonds is 52. The summed E-state index contributed by atoms with van der Waals surface area (Å²) in [4.78, 5) is 38.2. The van der Waals surface area contributed by atoms with Gasteiger partial charge in [0, 0.05) is 19.3 Å². The highest BCUT2D eigenvalue weighted by Crippen LogP contribution is 2.16. The highest BCUT2D eigenvalue weighted by Gasteiger charge is 2.19. The number of allylic oxidation sites excluding steroid dienone is 14. The molecule has 0 heterocycles. The second kappa shape index (κ2) is 57.2. The zero-order chi connectivity index (χ0) is 50.0. The second-order valence-corrected chi connectivity index (χ2v) is 19.2. The van der Waals surface area contributed by atoms with Gasteiger partial charge in [0.05, 0.1) is 0 Å². The van der Waals surface area contributed by atoms with Gasteiger partial charge in [-0.25, -0.2) is 0 Å². The molecule has 0 radical (unpaired) electrons. The van der Waals surface area contributed by atoms with E-state index in [1.807, 2.05) is 0 Å². The minimum absolute atomic E-state index is 0.0927. The molecule has 6 heteroatoms. The first-order chi connectivity index (χ1) is 34.0. The van der Waals surface area contributed by atoms with Gasteiger partial charge in [0.25, 0.3) is 0 Å². The van der Waals surface area contributed by atoms with Crippen LogP contribution >= 0.6 is 0 Å². The van der Waals surface area contributed by atoms with Crippen LogP contribution in [0.15, 0.2) is 85.1 Å². The van der Waals surface area contributed by atoms with Crippen molar-refractivity contribution in [3.05, 3.63) is 85.1 Å². The van der Waals surface area contributed by atoms with Gasteiger partial charge in [-0.15, -0.1) is 0 Å². The molecular formula is C63H108O6. The molecule has 396 valence electrons. The third-order valence-electron chi connectivity index (χ3n) is 12.4. The first-order valence-corrected chi connectivity index (χ1v) is 29.1. The standard InChI is InChI=1S/C63H108O6/c1-4-7-10-13-16-19-22-25-28-30-31-33-36-39-42-45-48-51-54-57-63(66)69-60(58-67-61(64)55-52-49-46-43-40-37-34-27-24-21-18-15-12-9-6-3)59-68-62(65)56-53-50-47-44-41-38-35-32-29-26-23-20-17-14-11-8-5-2/h7,10,16,18-19,21,25,27-28,31,33-34,39,42,60H,4-6,8-9,11-15,17,20,22-24,26,29-30,32,35-38,40-41,43-59H2,1-3H3/b10-7-,19-16-,21-18-,28-25-,33-31-,34-27-,42-39-/t60-/m1/s1. The summed E-state index contributed by atoms with van der Waals surface area (Å²) in [6.45, 7) is 6.48. The molecule has 0 rings (SSSR count). The highest BCUT2D eigenvalue weighted by molar-refractivity contribution is 5.71. The minimum atomic E-state index is -0.799. The quantitative estimate of drug-likeness (QED) is 0.0262. The Morgan fingerprint density at radius 2 is 0.565 bits per heavy atom. The van der Waals surface area contributed by atoms with Crippen molar-refractivity contribution in [2.45, 2.75) is 284 Å². The predicted octanol–water partition coefficient (Wildman–Crippen LogP) is 19.5. The molecule has 0 spiro atoms. The predicted molar refractivity (Wildman–Crippen MR) is 297 cm³/mol. The lowest BCUT2D eigenvalue weighted by atomic mass is 10.0. The molecule has 0 saturated heterocycles. The number of hydrogen-bond acceptors (Lipinski definition) is 6. The molecule has 0 aromatic heterocycles. The molecule has 0 amide bonds. The van der Waals surface area contributed by atoms with Gasteiger partial charge in [-0.2, -0.15) is 0 Å². The molecular weight excluding hydrogens is 853 g/mol. The maximum absolute atomic E-state index is 12.9. The number of carbonyl (C=O) groups is 3. The van der Waals surface area contributed by atoms with Crippen LogP contribution in [0.4, 0.5) is 0 Å². The molecule has 0 aliphatic rings. The van der Waals surface area contributed by atoms with E-state index in [2.05, 4.69) is 106 Å². The number of unbranched alkanes of at least 4 members (excludes halogenated alkanes) is 27. The summed E-state index contributed by atoms with van der Waals surface area (Å²) >= 11 is 0. The highest BCUT2D eigenvalue weighted by atomic mass is 16.6. The SMILES string of the molecule is CC/C=C\C/C=C\C/C=C\C/C=C\C/C=C\CCCCCC(=O)O[C@H](COC(=O)CCCCCCC/C=C\C/C=C\CCCCC)COC(=O)CCCCCCCCCCCCCCCCCCC. The topological polar surface area (TPSA) is 78.9 Å². The summed E-state index contributed by atoms with van der Waals surface area (Å²) in [5, 5.41) is 0. The molecule has 0 N–H and O–H groups in total. The van der Waals surface area contributed by atoms with Crippen LogP contribution in [0.25, 0.3) is 0 Å². The van der Waals surface area contributed by atoms with Crippen molar-refractivity contribution in [2.24, 2.45) is 0 Å². The Labute approximate surface area is 426 Å². The van der Waals surface area contributed by atoms with Crippen LogP contribution in [-0.4, -0.2) is 37.2 Å². The molecule has 0 unspecified atom stereocenters. The molecule has 0 bridgehead atoms. The number of hydrogen-bond donors (Lipinski definition) is 0. The van der Waals surface area contributed by atoms with E-state index in [-0.39, 0.29) is 37.5 Å². The Morgan fingerprint density at radius 1 is 0.304 bits per heavy atom. The van der Waals surface area contributed by atoms with Crippen LogP contribution < -0.4 is 0 Å². The minimum Gasteiger partial charge on any atom is -0.462 e. The van der Waals surface area contributed by atoms with E-state index >= 15 is 0 Å². The van der Waals surface area contributed by atoms with Gasteiger partial charge in [0.1, 0.15) is 13.2 Å². The van der Waals surface area contributed by atoms with Crippen LogP contribution in [0.5, 0.6) is 0 Å². The molecule has 0 aliphatic heterocycles. The van der Waals surface area contributed by atoms with Crippen molar-refractivity contribution in [3.8, 4) is 0 Å². The van der Waals surface area contributed by atoms with E-state index in [1.54, 1.807) is 0 Å². The number of ether oxygens (including phenoxy) is 3. The number of carbonyl (C=O) groups excluding carboxylic acids is 3. The molecule has 69 heavy (non-hydrogen) atoms. The van der Waals surface area contributed by atoms with Crippen molar-refractivity contribution in [1.82, 2.24) is 0 Å². The largest absolute Gasteiger partial charge is 0.462 e. The third kappa shape index (κ3) is 55.4. The van der Waals surface area contributed by atoms with Crippen molar-refractivity contribution in [1.29, 1.82) is 0 Å². The molecule has 0 fully saturated rings. The van der Waals surface area contributed by atoms with Gasteiger partial charge in [-0.1, -0.05) is 247 Å². The Bertz CT molecular complexity index is 1330. The molecule has 0 aromatic rings. The average Bonchev–Trinajstić information content (AvgIpc) is 3.35. The fourth-order valence-corrected chi connectivity index (χ4v) is 8.03. The Balaban J connectivity index is 4.46. The molecule has 0 aromatic carbocycles. The average molecular weight is 962 g/mol. The maximum atomic E-state index is 12.9. The summed E-state index contributed by atoms with van der Waals surface area (Å²) in [5.74, 6) is -0.932. The van der Waals surface area contributed by atoms with E-state index in [1.165, 1.54) is 116 Å². The van der Waals surface area contributed by atoms with Crippen molar-refractivity contribution < 1.29 is 28.6 Å². The van der Waals surface area contributed by atoms with Crippen LogP contribution in [0.2, 0.25) is 0 Å². The van der Waals surface area contributed by atoms with Crippen LogP contribution in [0.3, 0.4) is 0 Å². The molecule has 0 saturated carbocycles. The molecule has 6 nitrogen and oxygen atoms in total. The van der Waals surface area contributed by atoms with Crippen molar-refractivity contribution >= 4 is 17.9 Å². The van der Waals surface area contributed by atoms with Crippen LogP contribution in [0.1, 0.15) is 278 Å². The van der Waals surface area contributed by atoms with Crippen molar-refractivity contribution in [2.75, 3.05) is 13.2 Å². The molecule has 1 atom stereocenters. The van der Waals surface area contributed by atoms with Gasteiger partial charge in [0.15, 0.2) is 6.10 Å². The van der Waals surface area contributed by atoms with Gasteiger partial charge in [-0.05, 0) is 96.3 Å². The number of esters is 3. The fraction of sp³-hybridized carbons (Fsp3) is 0.730. The van der Waals surface area contributed by atoms with E-state index in [0.29, 0.717) is 12.8 Å². The van der Waals surface area contributed by atoms with E-state index in [9.17, 15) is 14.4 Å². The normalized spacial score (nSPS) is 12.7. The van der Waals surface area contributed by atoms with Gasteiger partial charge < -0.3 is 14.2 Å².